The van der Waals surface area contributed by atoms with E-state index < -0.39 is 8.07 Å². The third kappa shape index (κ3) is 7.89. The van der Waals surface area contributed by atoms with Gasteiger partial charge in [0.05, 0.1) is 0 Å². The monoisotopic (exact) mass is 372 g/mol. The average molecular weight is 373 g/mol. The molecule has 1 rings (SSSR count). The van der Waals surface area contributed by atoms with E-state index >= 15 is 0 Å². The number of aromatic nitrogens is 4. The van der Waals surface area contributed by atoms with E-state index in [1.165, 1.54) is 16.6 Å². The summed E-state index contributed by atoms with van der Waals surface area (Å²) in [6.07, 6.45) is 0.518. The Morgan fingerprint density at radius 3 is 2.54 bits per heavy atom. The molecular weight excluding hydrogens is 340 g/mol. The first-order valence-corrected chi connectivity index (χ1v) is 13.2. The van der Waals surface area contributed by atoms with Gasteiger partial charge in [0.2, 0.25) is 0 Å². The van der Waals surface area contributed by atoms with Crippen LogP contribution in [0.1, 0.15) is 33.5 Å². The summed E-state index contributed by atoms with van der Waals surface area (Å²) in [6.45, 7) is 16.2. The summed E-state index contributed by atoms with van der Waals surface area (Å²) in [7, 11) is -1.08. The van der Waals surface area contributed by atoms with Gasteiger partial charge in [-0.2, -0.15) is 0 Å². The zero-order valence-corrected chi connectivity index (χ0v) is 17.9. The molecule has 0 saturated heterocycles. The summed E-state index contributed by atoms with van der Waals surface area (Å²) in [4.78, 5) is 13.8. The molecule has 6 nitrogen and oxygen atoms in total. The molecule has 1 aromatic rings. The summed E-state index contributed by atoms with van der Waals surface area (Å²) in [5.74, 6) is 1.28. The maximum atomic E-state index is 12.4. The van der Waals surface area contributed by atoms with Crippen molar-refractivity contribution in [1.29, 1.82) is 0 Å². The predicted octanol–water partition coefficient (Wildman–Crippen LogP) is 3.47. The number of tetrazole rings is 1. The van der Waals surface area contributed by atoms with Gasteiger partial charge in [-0.25, -0.2) is 0 Å². The lowest BCUT2D eigenvalue weighted by Crippen LogP contribution is -2.29. The molecule has 0 unspecified atom stereocenters. The molecule has 1 aromatic heterocycles. The van der Waals surface area contributed by atoms with Gasteiger partial charge < -0.3 is 4.74 Å². The molecule has 0 amide bonds. The fourth-order valence-corrected chi connectivity index (χ4v) is 3.79. The number of ether oxygens (including phenoxy) is 1. The number of thioether (sulfide) groups is 1. The summed E-state index contributed by atoms with van der Waals surface area (Å²) in [6, 6.07) is 1.11. The van der Waals surface area contributed by atoms with E-state index in [0.29, 0.717) is 19.0 Å². The Bertz CT molecular complexity index is 523. The second-order valence-corrected chi connectivity index (χ2v) is 15.2. The Kier molecular flexibility index (Phi) is 8.08. The summed E-state index contributed by atoms with van der Waals surface area (Å²) < 4.78 is 5.63. The number of carbonyl (C=O) groups is 1. The van der Waals surface area contributed by atoms with Crippen LogP contribution in [-0.4, -0.2) is 45.8 Å². The first-order chi connectivity index (χ1) is 11.0. The highest BCUT2D eigenvalue weighted by atomic mass is 32.2. The third-order valence-electron chi connectivity index (χ3n) is 3.70. The van der Waals surface area contributed by atoms with Crippen molar-refractivity contribution < 1.29 is 9.53 Å². The molecule has 0 fully saturated rings. The van der Waals surface area contributed by atoms with E-state index in [1.807, 2.05) is 6.92 Å². The zero-order valence-electron chi connectivity index (χ0n) is 16.1. The lowest BCUT2D eigenvalue weighted by Gasteiger charge is -2.28. The highest BCUT2D eigenvalue weighted by Gasteiger charge is 2.32. The molecule has 8 heteroatoms. The zero-order chi connectivity index (χ0) is 18.4. The van der Waals surface area contributed by atoms with Gasteiger partial charge in [-0.15, -0.1) is 15.0 Å². The molecule has 0 aromatic carbocycles. The smallest absolute Gasteiger partial charge is 0.192 e. The van der Waals surface area contributed by atoms with E-state index in [-0.39, 0.29) is 16.4 Å². The van der Waals surface area contributed by atoms with E-state index in [4.69, 9.17) is 4.74 Å². The fourth-order valence-electron chi connectivity index (χ4n) is 2.11. The standard InChI is InChI=1S/C16H32N4O2SSi/c1-8-23-15(21)13(16(2,3)4)11-14-17-19-20(18-14)12-22-9-10-24(5,6)7/h13H,8-12H2,1-7H3/t13-/m0/s1. The third-order valence-corrected chi connectivity index (χ3v) is 6.26. The molecule has 1 atom stereocenters. The van der Waals surface area contributed by atoms with Crippen LogP contribution in [-0.2, 0) is 22.7 Å². The number of hydrogen-bond donors (Lipinski definition) is 0. The van der Waals surface area contributed by atoms with Gasteiger partial charge in [-0.05, 0) is 22.4 Å². The van der Waals surface area contributed by atoms with Gasteiger partial charge in [0.25, 0.3) is 0 Å². The molecule has 0 aliphatic carbocycles. The molecule has 0 bridgehead atoms. The number of hydrogen-bond acceptors (Lipinski definition) is 6. The second-order valence-electron chi connectivity index (χ2n) is 8.30. The van der Waals surface area contributed by atoms with Crippen molar-refractivity contribution >= 4 is 25.0 Å². The Balaban J connectivity index is 2.59. The van der Waals surface area contributed by atoms with Crippen LogP contribution in [0, 0.1) is 11.3 Å². The van der Waals surface area contributed by atoms with E-state index in [0.717, 1.165) is 18.4 Å². The van der Waals surface area contributed by atoms with E-state index in [1.54, 1.807) is 0 Å². The molecule has 138 valence electrons. The summed E-state index contributed by atoms with van der Waals surface area (Å²) >= 11 is 1.37. The van der Waals surface area contributed by atoms with Crippen molar-refractivity contribution in [1.82, 2.24) is 20.2 Å². The van der Waals surface area contributed by atoms with E-state index in [9.17, 15) is 4.79 Å². The SMILES string of the molecule is CCSC(=O)[C@H](Cc1nnn(COCC[Si](C)(C)C)n1)C(C)(C)C. The molecule has 0 N–H and O–H groups in total. The molecule has 0 aliphatic heterocycles. The Labute approximate surface area is 151 Å². The van der Waals surface area contributed by atoms with Crippen molar-refractivity contribution in [2.24, 2.45) is 11.3 Å². The number of nitrogens with zero attached hydrogens (tertiary/aromatic N) is 4. The highest BCUT2D eigenvalue weighted by Crippen LogP contribution is 2.32. The van der Waals surface area contributed by atoms with Crippen LogP contribution in [0.5, 0.6) is 0 Å². The topological polar surface area (TPSA) is 69.9 Å². The van der Waals surface area contributed by atoms with Gasteiger partial charge in [0.15, 0.2) is 17.7 Å². The van der Waals surface area contributed by atoms with Gasteiger partial charge in [0, 0.05) is 27.0 Å². The minimum absolute atomic E-state index is 0.118. The highest BCUT2D eigenvalue weighted by molar-refractivity contribution is 8.13. The average Bonchev–Trinajstić information content (AvgIpc) is 2.86. The van der Waals surface area contributed by atoms with Crippen LogP contribution in [0.15, 0.2) is 0 Å². The molecule has 1 heterocycles. The fraction of sp³-hybridized carbons (Fsp3) is 0.875. The van der Waals surface area contributed by atoms with Crippen LogP contribution in [0.3, 0.4) is 0 Å². The maximum absolute atomic E-state index is 12.4. The van der Waals surface area contributed by atoms with Crippen molar-refractivity contribution in [3.8, 4) is 0 Å². The Morgan fingerprint density at radius 2 is 2.00 bits per heavy atom. The molecular formula is C16H32N4O2SSi. The van der Waals surface area contributed by atoms with Crippen molar-refractivity contribution in [2.45, 2.75) is 66.5 Å². The maximum Gasteiger partial charge on any atom is 0.192 e. The van der Waals surface area contributed by atoms with Crippen LogP contribution < -0.4 is 0 Å². The van der Waals surface area contributed by atoms with Crippen molar-refractivity contribution in [2.75, 3.05) is 12.4 Å². The van der Waals surface area contributed by atoms with Gasteiger partial charge in [-0.3, -0.25) is 4.79 Å². The molecule has 0 aliphatic rings. The molecule has 0 saturated carbocycles. The normalized spacial score (nSPS) is 14.0. The predicted molar refractivity (Wildman–Crippen MR) is 102 cm³/mol. The number of carbonyl (C=O) groups excluding carboxylic acids is 1. The van der Waals surface area contributed by atoms with Crippen LogP contribution in [0.4, 0.5) is 0 Å². The quantitative estimate of drug-likeness (QED) is 0.488. The lowest BCUT2D eigenvalue weighted by molar-refractivity contribution is -0.117. The molecule has 0 radical (unpaired) electrons. The molecule has 0 spiro atoms. The summed E-state index contributed by atoms with van der Waals surface area (Å²) in [5, 5.41) is 12.7. The van der Waals surface area contributed by atoms with Crippen LogP contribution in [0.25, 0.3) is 0 Å². The number of rotatable bonds is 9. The molecule has 24 heavy (non-hydrogen) atoms. The van der Waals surface area contributed by atoms with Crippen molar-refractivity contribution in [3.05, 3.63) is 5.82 Å². The van der Waals surface area contributed by atoms with Gasteiger partial charge >= 0.3 is 0 Å². The lowest BCUT2D eigenvalue weighted by atomic mass is 9.79. The van der Waals surface area contributed by atoms with Gasteiger partial charge in [-0.1, -0.05) is 59.1 Å². The Morgan fingerprint density at radius 1 is 1.33 bits per heavy atom. The first-order valence-electron chi connectivity index (χ1n) is 8.54. The minimum atomic E-state index is -1.08. The minimum Gasteiger partial charge on any atom is -0.358 e. The Hall–Kier alpha value is -0.733. The largest absolute Gasteiger partial charge is 0.358 e. The first kappa shape index (κ1) is 21.3. The second kappa shape index (κ2) is 9.10. The van der Waals surface area contributed by atoms with Gasteiger partial charge in [0.1, 0.15) is 0 Å². The van der Waals surface area contributed by atoms with Crippen molar-refractivity contribution in [3.63, 3.8) is 0 Å². The summed E-state index contributed by atoms with van der Waals surface area (Å²) in [5.41, 5.74) is -0.126. The van der Waals surface area contributed by atoms with Crippen LogP contribution in [0.2, 0.25) is 25.7 Å². The van der Waals surface area contributed by atoms with E-state index in [2.05, 4.69) is 55.8 Å². The van der Waals surface area contributed by atoms with Crippen LogP contribution >= 0.6 is 11.8 Å².